The molecule has 0 saturated carbocycles. The zero-order valence-corrected chi connectivity index (χ0v) is 12.6. The molecule has 1 aromatic carbocycles. The van der Waals surface area contributed by atoms with Gasteiger partial charge in [0.1, 0.15) is 11.6 Å². The van der Waals surface area contributed by atoms with Gasteiger partial charge in [-0.25, -0.2) is 13.5 Å². The van der Waals surface area contributed by atoms with E-state index in [0.29, 0.717) is 5.69 Å². The molecular weight excluding hydrogens is 304 g/mol. The molecule has 0 unspecified atom stereocenters. The Morgan fingerprint density at radius 1 is 1.26 bits per heavy atom. The lowest BCUT2D eigenvalue weighted by molar-refractivity contribution is 0.102. The van der Waals surface area contributed by atoms with Crippen molar-refractivity contribution in [2.45, 2.75) is 25.8 Å². The van der Waals surface area contributed by atoms with Gasteiger partial charge in [-0.2, -0.15) is 0 Å². The predicted molar refractivity (Wildman–Crippen MR) is 80.2 cm³/mol. The van der Waals surface area contributed by atoms with Crippen LogP contribution in [0.1, 0.15) is 35.1 Å². The highest BCUT2D eigenvalue weighted by Gasteiger charge is 2.23. The van der Waals surface area contributed by atoms with Crippen LogP contribution in [0, 0.1) is 18.6 Å². The van der Waals surface area contributed by atoms with Gasteiger partial charge in [0.25, 0.3) is 5.91 Å². The maximum atomic E-state index is 13.2. The average Bonchev–Trinajstić information content (AvgIpc) is 2.89. The van der Waals surface area contributed by atoms with E-state index in [1.807, 2.05) is 0 Å². The van der Waals surface area contributed by atoms with Crippen molar-refractivity contribution in [2.24, 2.45) is 0 Å². The maximum Gasteiger partial charge on any atom is 0.278 e. The molecular formula is C15H17F2N5O. The van der Waals surface area contributed by atoms with Crippen molar-refractivity contribution < 1.29 is 13.6 Å². The number of halogens is 2. The molecule has 2 N–H and O–H groups in total. The summed E-state index contributed by atoms with van der Waals surface area (Å²) < 4.78 is 28.1. The molecule has 1 aromatic heterocycles. The second-order valence-corrected chi connectivity index (χ2v) is 5.56. The van der Waals surface area contributed by atoms with Crippen LogP contribution < -0.4 is 10.6 Å². The standard InChI is InChI=1S/C15H17F2N5O/c1-9-14(20-21-22(9)13-2-4-18-5-3-13)15(23)19-12-7-10(16)6-11(17)8-12/h6-8,13,18H,2-5H2,1H3,(H,19,23). The van der Waals surface area contributed by atoms with Crippen LogP contribution in [-0.2, 0) is 0 Å². The second kappa shape index (κ2) is 6.41. The number of carbonyl (C=O) groups is 1. The highest BCUT2D eigenvalue weighted by Crippen LogP contribution is 2.21. The topological polar surface area (TPSA) is 71.8 Å². The van der Waals surface area contributed by atoms with Crippen LogP contribution in [-0.4, -0.2) is 34.0 Å². The highest BCUT2D eigenvalue weighted by molar-refractivity contribution is 6.03. The van der Waals surface area contributed by atoms with Gasteiger partial charge in [0.05, 0.1) is 11.7 Å². The van der Waals surface area contributed by atoms with E-state index < -0.39 is 17.5 Å². The van der Waals surface area contributed by atoms with Gasteiger partial charge in [0, 0.05) is 11.8 Å². The number of hydrogen-bond acceptors (Lipinski definition) is 4. The number of nitrogens with zero attached hydrogens (tertiary/aromatic N) is 3. The Balaban J connectivity index is 1.78. The summed E-state index contributed by atoms with van der Waals surface area (Å²) in [7, 11) is 0. The van der Waals surface area contributed by atoms with Crippen molar-refractivity contribution in [2.75, 3.05) is 18.4 Å². The van der Waals surface area contributed by atoms with Crippen molar-refractivity contribution in [3.8, 4) is 0 Å². The molecule has 2 heterocycles. The van der Waals surface area contributed by atoms with E-state index in [0.717, 1.165) is 44.1 Å². The van der Waals surface area contributed by atoms with E-state index in [1.165, 1.54) is 0 Å². The molecule has 1 fully saturated rings. The smallest absolute Gasteiger partial charge is 0.278 e. The third-order valence-electron chi connectivity index (χ3n) is 3.92. The van der Waals surface area contributed by atoms with Crippen LogP contribution in [0.4, 0.5) is 14.5 Å². The van der Waals surface area contributed by atoms with Crippen LogP contribution in [0.3, 0.4) is 0 Å². The molecule has 0 bridgehead atoms. The lowest BCUT2D eigenvalue weighted by Crippen LogP contribution is -2.30. The van der Waals surface area contributed by atoms with Gasteiger partial charge in [0.2, 0.25) is 0 Å². The van der Waals surface area contributed by atoms with Gasteiger partial charge in [0.15, 0.2) is 5.69 Å². The van der Waals surface area contributed by atoms with Crippen molar-refractivity contribution in [1.82, 2.24) is 20.3 Å². The monoisotopic (exact) mass is 321 g/mol. The third kappa shape index (κ3) is 3.37. The minimum atomic E-state index is -0.754. The Kier molecular flexibility index (Phi) is 4.33. The zero-order chi connectivity index (χ0) is 16.4. The molecule has 6 nitrogen and oxygen atoms in total. The third-order valence-corrected chi connectivity index (χ3v) is 3.92. The number of carbonyl (C=O) groups excluding carboxylic acids is 1. The Morgan fingerprint density at radius 2 is 1.91 bits per heavy atom. The quantitative estimate of drug-likeness (QED) is 0.907. The molecule has 0 spiro atoms. The van der Waals surface area contributed by atoms with E-state index in [2.05, 4.69) is 20.9 Å². The van der Waals surface area contributed by atoms with Gasteiger partial charge >= 0.3 is 0 Å². The Hall–Kier alpha value is -2.35. The van der Waals surface area contributed by atoms with Crippen LogP contribution in [0.2, 0.25) is 0 Å². The number of anilines is 1. The summed E-state index contributed by atoms with van der Waals surface area (Å²) in [5, 5.41) is 13.7. The van der Waals surface area contributed by atoms with E-state index >= 15 is 0 Å². The van der Waals surface area contributed by atoms with Crippen molar-refractivity contribution in [3.05, 3.63) is 41.2 Å². The van der Waals surface area contributed by atoms with Crippen molar-refractivity contribution in [3.63, 3.8) is 0 Å². The first kappa shape index (κ1) is 15.5. The van der Waals surface area contributed by atoms with E-state index in [1.54, 1.807) is 11.6 Å². The SMILES string of the molecule is Cc1c(C(=O)Nc2cc(F)cc(F)c2)nnn1C1CCNCC1. The maximum absolute atomic E-state index is 13.2. The van der Waals surface area contributed by atoms with Gasteiger partial charge < -0.3 is 10.6 Å². The van der Waals surface area contributed by atoms with Crippen LogP contribution in [0.5, 0.6) is 0 Å². The number of benzene rings is 1. The summed E-state index contributed by atoms with van der Waals surface area (Å²) >= 11 is 0. The molecule has 1 amide bonds. The minimum absolute atomic E-state index is 0.0447. The van der Waals surface area contributed by atoms with Gasteiger partial charge in [-0.3, -0.25) is 4.79 Å². The molecule has 1 aliphatic rings. The lowest BCUT2D eigenvalue weighted by Gasteiger charge is -2.23. The fourth-order valence-electron chi connectivity index (χ4n) is 2.77. The summed E-state index contributed by atoms with van der Waals surface area (Å²) in [6.45, 7) is 3.56. The van der Waals surface area contributed by atoms with Crippen LogP contribution >= 0.6 is 0 Å². The number of rotatable bonds is 3. The predicted octanol–water partition coefficient (Wildman–Crippen LogP) is 2.04. The Bertz CT molecular complexity index is 704. The number of amides is 1. The fraction of sp³-hybridized carbons (Fsp3) is 0.400. The summed E-state index contributed by atoms with van der Waals surface area (Å²) in [6, 6.07) is 3.05. The van der Waals surface area contributed by atoms with E-state index in [-0.39, 0.29) is 17.4 Å². The zero-order valence-electron chi connectivity index (χ0n) is 12.6. The summed E-state index contributed by atoms with van der Waals surface area (Å²) in [5.41, 5.74) is 0.850. The average molecular weight is 321 g/mol. The largest absolute Gasteiger partial charge is 0.320 e. The molecule has 1 saturated heterocycles. The lowest BCUT2D eigenvalue weighted by atomic mass is 10.1. The number of aromatic nitrogens is 3. The van der Waals surface area contributed by atoms with Crippen molar-refractivity contribution >= 4 is 11.6 Å². The van der Waals surface area contributed by atoms with Gasteiger partial charge in [-0.1, -0.05) is 5.21 Å². The molecule has 0 aliphatic carbocycles. The number of hydrogen-bond donors (Lipinski definition) is 2. The number of nitrogens with one attached hydrogen (secondary N) is 2. The molecule has 122 valence electrons. The molecule has 8 heteroatoms. The first-order chi connectivity index (χ1) is 11.0. The van der Waals surface area contributed by atoms with Gasteiger partial charge in [-0.05, 0) is 45.0 Å². The first-order valence-electron chi connectivity index (χ1n) is 7.44. The summed E-state index contributed by atoms with van der Waals surface area (Å²) in [4.78, 5) is 12.3. The normalized spacial score (nSPS) is 15.6. The minimum Gasteiger partial charge on any atom is -0.320 e. The van der Waals surface area contributed by atoms with E-state index in [9.17, 15) is 13.6 Å². The second-order valence-electron chi connectivity index (χ2n) is 5.56. The first-order valence-corrected chi connectivity index (χ1v) is 7.44. The molecule has 2 aromatic rings. The van der Waals surface area contributed by atoms with Crippen molar-refractivity contribution in [1.29, 1.82) is 0 Å². The van der Waals surface area contributed by atoms with Crippen LogP contribution in [0.15, 0.2) is 18.2 Å². The van der Waals surface area contributed by atoms with Crippen LogP contribution in [0.25, 0.3) is 0 Å². The highest BCUT2D eigenvalue weighted by atomic mass is 19.1. The van der Waals surface area contributed by atoms with Gasteiger partial charge in [-0.15, -0.1) is 5.10 Å². The van der Waals surface area contributed by atoms with E-state index in [4.69, 9.17) is 0 Å². The fourth-order valence-corrected chi connectivity index (χ4v) is 2.77. The number of piperidine rings is 1. The summed E-state index contributed by atoms with van der Waals surface area (Å²) in [6.07, 6.45) is 1.83. The molecule has 3 rings (SSSR count). The summed E-state index contributed by atoms with van der Waals surface area (Å²) in [5.74, 6) is -2.04. The molecule has 0 atom stereocenters. The Morgan fingerprint density at radius 3 is 2.57 bits per heavy atom. The molecule has 0 radical (unpaired) electrons. The molecule has 23 heavy (non-hydrogen) atoms. The molecule has 1 aliphatic heterocycles. The Labute approximate surface area is 131 Å².